The summed E-state index contributed by atoms with van der Waals surface area (Å²) in [5, 5.41) is 0. The Balaban J connectivity index is 1.85. The second-order valence-electron chi connectivity index (χ2n) is 6.45. The maximum atomic E-state index is 13.2. The highest BCUT2D eigenvalue weighted by atomic mass is 16.5. The smallest absolute Gasteiger partial charge is 0.339 e. The van der Waals surface area contributed by atoms with Crippen molar-refractivity contribution in [3.63, 3.8) is 0 Å². The lowest BCUT2D eigenvalue weighted by atomic mass is 10.00. The monoisotopic (exact) mass is 376 g/mol. The molecule has 4 rings (SSSR count). The third-order valence-electron chi connectivity index (χ3n) is 4.94. The number of para-hydroxylation sites is 2. The van der Waals surface area contributed by atoms with Crippen LogP contribution in [-0.4, -0.2) is 37.8 Å². The zero-order chi connectivity index (χ0) is 20.0. The van der Waals surface area contributed by atoms with Gasteiger partial charge in [-0.05, 0) is 18.2 Å². The van der Waals surface area contributed by atoms with E-state index in [0.717, 1.165) is 4.90 Å². The molecular formula is C21H16N2O5. The number of benzene rings is 2. The Kier molecular flexibility index (Phi) is 4.07. The van der Waals surface area contributed by atoms with Crippen molar-refractivity contribution >= 4 is 40.6 Å². The first-order chi connectivity index (χ1) is 13.5. The van der Waals surface area contributed by atoms with Crippen LogP contribution in [0.5, 0.6) is 0 Å². The molecule has 0 bridgehead atoms. The van der Waals surface area contributed by atoms with Gasteiger partial charge in [-0.2, -0.15) is 0 Å². The SMILES string of the molecule is COC(=O)c1ccccc1N1C(=O)C/C(=C2/C(=O)N(C)c3ccccc32)C1=O. The lowest BCUT2D eigenvalue weighted by molar-refractivity contribution is -0.121. The molecule has 1 fully saturated rings. The van der Waals surface area contributed by atoms with Crippen LogP contribution in [0.1, 0.15) is 22.3 Å². The minimum Gasteiger partial charge on any atom is -0.465 e. The summed E-state index contributed by atoms with van der Waals surface area (Å²) in [4.78, 5) is 53.1. The van der Waals surface area contributed by atoms with Crippen LogP contribution in [0.4, 0.5) is 11.4 Å². The van der Waals surface area contributed by atoms with Gasteiger partial charge in [-0.1, -0.05) is 30.3 Å². The van der Waals surface area contributed by atoms with E-state index in [1.165, 1.54) is 24.1 Å². The topological polar surface area (TPSA) is 84.0 Å². The molecule has 0 N–H and O–H groups in total. The number of hydrogen-bond donors (Lipinski definition) is 0. The van der Waals surface area contributed by atoms with Crippen LogP contribution in [0.2, 0.25) is 0 Å². The number of carbonyl (C=O) groups is 4. The highest BCUT2D eigenvalue weighted by molar-refractivity contribution is 6.41. The third kappa shape index (κ3) is 2.44. The van der Waals surface area contributed by atoms with Crippen molar-refractivity contribution < 1.29 is 23.9 Å². The molecule has 2 aliphatic rings. The van der Waals surface area contributed by atoms with Gasteiger partial charge in [-0.3, -0.25) is 14.4 Å². The van der Waals surface area contributed by atoms with E-state index in [9.17, 15) is 19.2 Å². The Morgan fingerprint density at radius 2 is 1.57 bits per heavy atom. The fourth-order valence-electron chi connectivity index (χ4n) is 3.61. The number of hydrogen-bond acceptors (Lipinski definition) is 5. The first-order valence-corrected chi connectivity index (χ1v) is 8.61. The van der Waals surface area contributed by atoms with Crippen molar-refractivity contribution in [1.82, 2.24) is 0 Å². The molecule has 2 heterocycles. The van der Waals surface area contributed by atoms with Gasteiger partial charge in [0.05, 0.1) is 36.0 Å². The van der Waals surface area contributed by atoms with Gasteiger partial charge in [-0.25, -0.2) is 9.69 Å². The van der Waals surface area contributed by atoms with Gasteiger partial charge >= 0.3 is 5.97 Å². The van der Waals surface area contributed by atoms with Gasteiger partial charge in [0.25, 0.3) is 11.8 Å². The summed E-state index contributed by atoms with van der Waals surface area (Å²) in [5.74, 6) is -2.08. The van der Waals surface area contributed by atoms with E-state index in [4.69, 9.17) is 4.74 Å². The molecule has 7 heteroatoms. The number of amides is 3. The number of rotatable bonds is 2. The zero-order valence-electron chi connectivity index (χ0n) is 15.3. The van der Waals surface area contributed by atoms with Crippen LogP contribution in [-0.2, 0) is 19.1 Å². The molecule has 0 spiro atoms. The van der Waals surface area contributed by atoms with Crippen LogP contribution in [0.25, 0.3) is 5.57 Å². The van der Waals surface area contributed by atoms with E-state index >= 15 is 0 Å². The number of nitrogens with zero attached hydrogens (tertiary/aromatic N) is 2. The van der Waals surface area contributed by atoms with Crippen molar-refractivity contribution in [2.24, 2.45) is 0 Å². The zero-order valence-corrected chi connectivity index (χ0v) is 15.3. The molecule has 0 atom stereocenters. The molecule has 28 heavy (non-hydrogen) atoms. The fraction of sp³-hybridized carbons (Fsp3) is 0.143. The van der Waals surface area contributed by atoms with Gasteiger partial charge in [0.15, 0.2) is 0 Å². The molecular weight excluding hydrogens is 360 g/mol. The molecule has 2 aromatic carbocycles. The highest BCUT2D eigenvalue weighted by Gasteiger charge is 2.43. The number of methoxy groups -OCH3 is 1. The molecule has 140 valence electrons. The van der Waals surface area contributed by atoms with Crippen LogP contribution in [0.15, 0.2) is 54.1 Å². The van der Waals surface area contributed by atoms with Crippen LogP contribution >= 0.6 is 0 Å². The largest absolute Gasteiger partial charge is 0.465 e. The van der Waals surface area contributed by atoms with E-state index in [1.54, 1.807) is 43.4 Å². The molecule has 3 amide bonds. The highest BCUT2D eigenvalue weighted by Crippen LogP contribution is 2.41. The van der Waals surface area contributed by atoms with Crippen molar-refractivity contribution in [3.05, 3.63) is 65.2 Å². The van der Waals surface area contributed by atoms with Gasteiger partial charge in [0.2, 0.25) is 5.91 Å². The summed E-state index contributed by atoms with van der Waals surface area (Å²) in [7, 11) is 2.85. The molecule has 0 saturated carbocycles. The quantitative estimate of drug-likeness (QED) is 0.456. The van der Waals surface area contributed by atoms with Crippen molar-refractivity contribution in [1.29, 1.82) is 0 Å². The summed E-state index contributed by atoms with van der Waals surface area (Å²) < 4.78 is 4.75. The number of imide groups is 1. The summed E-state index contributed by atoms with van der Waals surface area (Å²) in [6.45, 7) is 0. The van der Waals surface area contributed by atoms with Gasteiger partial charge < -0.3 is 9.64 Å². The van der Waals surface area contributed by atoms with E-state index < -0.39 is 17.8 Å². The number of esters is 1. The summed E-state index contributed by atoms with van der Waals surface area (Å²) in [6.07, 6.45) is -0.211. The molecule has 2 aromatic rings. The van der Waals surface area contributed by atoms with Crippen LogP contribution < -0.4 is 9.80 Å². The van der Waals surface area contributed by atoms with E-state index in [1.807, 2.05) is 0 Å². The van der Waals surface area contributed by atoms with Crippen molar-refractivity contribution in [2.45, 2.75) is 6.42 Å². The second-order valence-corrected chi connectivity index (χ2v) is 6.45. The minimum atomic E-state index is -0.653. The third-order valence-corrected chi connectivity index (χ3v) is 4.94. The Morgan fingerprint density at radius 1 is 0.929 bits per heavy atom. The van der Waals surface area contributed by atoms with E-state index in [-0.39, 0.29) is 34.7 Å². The predicted molar refractivity (Wildman–Crippen MR) is 102 cm³/mol. The van der Waals surface area contributed by atoms with Gasteiger partial charge in [0, 0.05) is 18.2 Å². The van der Waals surface area contributed by atoms with Gasteiger partial charge in [0.1, 0.15) is 0 Å². The molecule has 0 aromatic heterocycles. The first-order valence-electron chi connectivity index (χ1n) is 8.61. The summed E-state index contributed by atoms with van der Waals surface area (Å²) >= 11 is 0. The van der Waals surface area contributed by atoms with Crippen LogP contribution in [0.3, 0.4) is 0 Å². The van der Waals surface area contributed by atoms with Crippen LogP contribution in [0, 0.1) is 0 Å². The first kappa shape index (κ1) is 17.7. The number of ether oxygens (including phenoxy) is 1. The number of carbonyl (C=O) groups excluding carboxylic acids is 4. The molecule has 0 radical (unpaired) electrons. The van der Waals surface area contributed by atoms with Crippen molar-refractivity contribution in [3.8, 4) is 0 Å². The lowest BCUT2D eigenvalue weighted by Crippen LogP contribution is -2.31. The summed E-state index contributed by atoms with van der Waals surface area (Å²) in [6, 6.07) is 13.3. The molecule has 0 unspecified atom stereocenters. The fourth-order valence-corrected chi connectivity index (χ4v) is 3.61. The predicted octanol–water partition coefficient (Wildman–Crippen LogP) is 2.17. The maximum Gasteiger partial charge on any atom is 0.339 e. The Bertz CT molecular complexity index is 1090. The minimum absolute atomic E-state index is 0.105. The second kappa shape index (κ2) is 6.45. The van der Waals surface area contributed by atoms with Crippen molar-refractivity contribution in [2.75, 3.05) is 24.0 Å². The number of fused-ring (bicyclic) bond motifs is 1. The Morgan fingerprint density at radius 3 is 2.29 bits per heavy atom. The molecule has 0 aliphatic carbocycles. The molecule has 1 saturated heterocycles. The molecule has 2 aliphatic heterocycles. The normalized spacial score (nSPS) is 18.7. The lowest BCUT2D eigenvalue weighted by Gasteiger charge is -2.16. The van der Waals surface area contributed by atoms with E-state index in [2.05, 4.69) is 0 Å². The average Bonchev–Trinajstić information content (AvgIpc) is 3.14. The summed E-state index contributed by atoms with van der Waals surface area (Å²) in [5.41, 5.74) is 1.92. The average molecular weight is 376 g/mol. The number of likely N-dealkylation sites (N-methyl/N-ethyl adjacent to an activating group) is 1. The Labute approximate surface area is 160 Å². The maximum absolute atomic E-state index is 13.2. The Hall–Kier alpha value is -3.74. The van der Waals surface area contributed by atoms with E-state index in [0.29, 0.717) is 11.3 Å². The molecule has 7 nitrogen and oxygen atoms in total. The van der Waals surface area contributed by atoms with Gasteiger partial charge in [-0.15, -0.1) is 0 Å². The number of anilines is 2. The standard InChI is InChI=1S/C21H16N2O5/c1-22-15-9-5-3-7-12(15)18(20(22)26)14-11-17(24)23(19(14)25)16-10-6-4-8-13(16)21(27)28-2/h3-10H,11H2,1-2H3/b18-14-.